The number of rotatable bonds is 8. The zero-order chi connectivity index (χ0) is 21.7. The minimum absolute atomic E-state index is 0.110. The first-order valence-electron chi connectivity index (χ1n) is 8.43. The van der Waals surface area contributed by atoms with Crippen molar-refractivity contribution in [1.82, 2.24) is 9.78 Å². The Labute approximate surface area is 168 Å². The van der Waals surface area contributed by atoms with Crippen LogP contribution in [0, 0.1) is 20.2 Å². The fraction of sp³-hybridized carbons (Fsp3) is 0.111. The molecular weight excluding hydrogens is 398 g/mol. The summed E-state index contributed by atoms with van der Waals surface area (Å²) in [5, 5.41) is 28.2. The predicted octanol–water partition coefficient (Wildman–Crippen LogP) is 3.14. The van der Waals surface area contributed by atoms with Crippen molar-refractivity contribution in [3.05, 3.63) is 75.1 Å². The number of nitro groups is 2. The fourth-order valence-corrected chi connectivity index (χ4v) is 2.53. The molecule has 1 aromatic heterocycles. The molecule has 0 atom stereocenters. The number of carbonyl (C=O) groups excluding carboxylic acids is 1. The highest BCUT2D eigenvalue weighted by Crippen LogP contribution is 2.34. The highest BCUT2D eigenvalue weighted by atomic mass is 16.6. The fourth-order valence-electron chi connectivity index (χ4n) is 2.53. The molecule has 1 amide bonds. The van der Waals surface area contributed by atoms with E-state index in [1.165, 1.54) is 25.3 Å². The van der Waals surface area contributed by atoms with E-state index in [1.807, 2.05) is 0 Å². The number of nitrogens with zero attached hydrogens (tertiary/aromatic N) is 4. The number of carbonyl (C=O) groups is 1. The zero-order valence-electron chi connectivity index (χ0n) is 15.5. The molecule has 0 aliphatic heterocycles. The SMILES string of the molecule is COc1ccccc1Oc1cc(NC(=O)Cn2cc([N+](=O)[O-])cn2)cc([N+](=O)[O-])c1. The summed E-state index contributed by atoms with van der Waals surface area (Å²) in [5.41, 5.74) is -0.446. The van der Waals surface area contributed by atoms with Crippen LogP contribution in [0.1, 0.15) is 0 Å². The normalized spacial score (nSPS) is 10.3. The van der Waals surface area contributed by atoms with Crippen molar-refractivity contribution >= 4 is 23.0 Å². The van der Waals surface area contributed by atoms with Gasteiger partial charge in [0.2, 0.25) is 5.91 Å². The van der Waals surface area contributed by atoms with Crippen molar-refractivity contribution in [3.8, 4) is 17.2 Å². The molecule has 0 fully saturated rings. The number of benzene rings is 2. The molecule has 0 unspecified atom stereocenters. The Morgan fingerprint density at radius 1 is 1.10 bits per heavy atom. The molecule has 0 radical (unpaired) electrons. The molecule has 12 heteroatoms. The van der Waals surface area contributed by atoms with E-state index in [2.05, 4.69) is 10.4 Å². The van der Waals surface area contributed by atoms with Gasteiger partial charge in [0, 0.05) is 12.1 Å². The molecule has 0 saturated carbocycles. The molecule has 0 bridgehead atoms. The average molecular weight is 413 g/mol. The summed E-state index contributed by atoms with van der Waals surface area (Å²) in [7, 11) is 1.46. The van der Waals surface area contributed by atoms with Crippen LogP contribution in [0.3, 0.4) is 0 Å². The van der Waals surface area contributed by atoms with E-state index in [0.717, 1.165) is 17.1 Å². The molecule has 1 N–H and O–H groups in total. The monoisotopic (exact) mass is 413 g/mol. The van der Waals surface area contributed by atoms with E-state index in [4.69, 9.17) is 9.47 Å². The van der Waals surface area contributed by atoms with E-state index >= 15 is 0 Å². The highest BCUT2D eigenvalue weighted by molar-refractivity contribution is 5.91. The standard InChI is InChI=1S/C18H15N5O7/c1-29-16-4-2-3-5-17(16)30-15-7-12(6-13(8-15)22(25)26)20-18(24)11-21-10-14(9-19-21)23(27)28/h2-10H,11H2,1H3,(H,20,24). The van der Waals surface area contributed by atoms with Crippen LogP contribution in [0.2, 0.25) is 0 Å². The van der Waals surface area contributed by atoms with Crippen molar-refractivity contribution in [2.45, 2.75) is 6.54 Å². The Hall–Kier alpha value is -4.48. The Bertz CT molecular complexity index is 1110. The number of para-hydroxylation sites is 2. The molecule has 0 spiro atoms. The number of hydrogen-bond acceptors (Lipinski definition) is 8. The van der Waals surface area contributed by atoms with Gasteiger partial charge in [0.1, 0.15) is 24.7 Å². The summed E-state index contributed by atoms with van der Waals surface area (Å²) >= 11 is 0. The minimum Gasteiger partial charge on any atom is -0.493 e. The second-order valence-electron chi connectivity index (χ2n) is 5.93. The maximum absolute atomic E-state index is 12.2. The quantitative estimate of drug-likeness (QED) is 0.437. The average Bonchev–Trinajstić information content (AvgIpc) is 3.16. The molecule has 0 aliphatic carbocycles. The lowest BCUT2D eigenvalue weighted by atomic mass is 10.2. The third kappa shape index (κ3) is 4.86. The van der Waals surface area contributed by atoms with Gasteiger partial charge in [-0.1, -0.05) is 12.1 Å². The van der Waals surface area contributed by atoms with Gasteiger partial charge in [-0.15, -0.1) is 0 Å². The van der Waals surface area contributed by atoms with Gasteiger partial charge in [-0.3, -0.25) is 29.7 Å². The molecule has 0 saturated heterocycles. The highest BCUT2D eigenvalue weighted by Gasteiger charge is 2.16. The first kappa shape index (κ1) is 20.3. The zero-order valence-corrected chi connectivity index (χ0v) is 15.5. The summed E-state index contributed by atoms with van der Waals surface area (Å²) < 4.78 is 12.0. The number of methoxy groups -OCH3 is 1. The van der Waals surface area contributed by atoms with Gasteiger partial charge in [-0.2, -0.15) is 5.10 Å². The maximum atomic E-state index is 12.2. The molecular formula is C18H15N5O7. The third-order valence-electron chi connectivity index (χ3n) is 3.82. The molecule has 30 heavy (non-hydrogen) atoms. The van der Waals surface area contributed by atoms with Crippen molar-refractivity contribution in [2.24, 2.45) is 0 Å². The predicted molar refractivity (Wildman–Crippen MR) is 104 cm³/mol. The van der Waals surface area contributed by atoms with Gasteiger partial charge in [-0.05, 0) is 12.1 Å². The van der Waals surface area contributed by atoms with Crippen LogP contribution in [0.5, 0.6) is 17.2 Å². The Balaban J connectivity index is 1.80. The number of anilines is 1. The molecule has 1 heterocycles. The van der Waals surface area contributed by atoms with Crippen LogP contribution < -0.4 is 14.8 Å². The summed E-state index contributed by atoms with van der Waals surface area (Å²) in [6.45, 7) is -0.320. The van der Waals surface area contributed by atoms with E-state index in [-0.39, 0.29) is 29.4 Å². The summed E-state index contributed by atoms with van der Waals surface area (Å²) in [5.74, 6) is 0.284. The second kappa shape index (κ2) is 8.68. The molecule has 3 aromatic rings. The Morgan fingerprint density at radius 2 is 1.80 bits per heavy atom. The number of aromatic nitrogens is 2. The van der Waals surface area contributed by atoms with Crippen LogP contribution in [0.15, 0.2) is 54.9 Å². The van der Waals surface area contributed by atoms with Crippen LogP contribution in [0.25, 0.3) is 0 Å². The van der Waals surface area contributed by atoms with Crippen molar-refractivity contribution in [3.63, 3.8) is 0 Å². The first-order valence-corrected chi connectivity index (χ1v) is 8.43. The first-order chi connectivity index (χ1) is 14.4. The number of nitrogens with one attached hydrogen (secondary N) is 1. The van der Waals surface area contributed by atoms with Gasteiger partial charge in [0.15, 0.2) is 11.5 Å². The van der Waals surface area contributed by atoms with Crippen LogP contribution >= 0.6 is 0 Å². The molecule has 12 nitrogen and oxygen atoms in total. The lowest BCUT2D eigenvalue weighted by molar-refractivity contribution is -0.385. The van der Waals surface area contributed by atoms with Crippen molar-refractivity contribution in [1.29, 1.82) is 0 Å². The molecule has 2 aromatic carbocycles. The summed E-state index contributed by atoms with van der Waals surface area (Å²) in [6.07, 6.45) is 2.11. The maximum Gasteiger partial charge on any atom is 0.307 e. The van der Waals surface area contributed by atoms with E-state index in [0.29, 0.717) is 11.5 Å². The van der Waals surface area contributed by atoms with Gasteiger partial charge in [-0.25, -0.2) is 0 Å². The van der Waals surface area contributed by atoms with Crippen LogP contribution in [0.4, 0.5) is 17.1 Å². The van der Waals surface area contributed by atoms with E-state index < -0.39 is 15.8 Å². The van der Waals surface area contributed by atoms with Crippen molar-refractivity contribution < 1.29 is 24.1 Å². The minimum atomic E-state index is -0.635. The topological polar surface area (TPSA) is 152 Å². The van der Waals surface area contributed by atoms with Gasteiger partial charge in [0.25, 0.3) is 5.69 Å². The largest absolute Gasteiger partial charge is 0.493 e. The van der Waals surface area contributed by atoms with Crippen molar-refractivity contribution in [2.75, 3.05) is 12.4 Å². The van der Waals surface area contributed by atoms with E-state index in [1.54, 1.807) is 24.3 Å². The van der Waals surface area contributed by atoms with Gasteiger partial charge < -0.3 is 14.8 Å². The summed E-state index contributed by atoms with van der Waals surface area (Å²) in [6, 6.07) is 10.5. The smallest absolute Gasteiger partial charge is 0.307 e. The number of amides is 1. The second-order valence-corrected chi connectivity index (χ2v) is 5.93. The molecule has 154 valence electrons. The summed E-state index contributed by atoms with van der Waals surface area (Å²) in [4.78, 5) is 32.9. The lowest BCUT2D eigenvalue weighted by Crippen LogP contribution is -2.19. The lowest BCUT2D eigenvalue weighted by Gasteiger charge is -2.11. The van der Waals surface area contributed by atoms with Crippen LogP contribution in [-0.4, -0.2) is 32.6 Å². The number of hydrogen-bond donors (Lipinski definition) is 1. The molecule has 0 aliphatic rings. The number of nitro benzene ring substituents is 1. The number of non-ortho nitro benzene ring substituents is 1. The Kier molecular flexibility index (Phi) is 5.86. The van der Waals surface area contributed by atoms with Crippen LogP contribution in [-0.2, 0) is 11.3 Å². The molecule has 3 rings (SSSR count). The van der Waals surface area contributed by atoms with Gasteiger partial charge >= 0.3 is 5.69 Å². The Morgan fingerprint density at radius 3 is 2.43 bits per heavy atom. The van der Waals surface area contributed by atoms with E-state index in [9.17, 15) is 25.0 Å². The number of ether oxygens (including phenoxy) is 2. The van der Waals surface area contributed by atoms with Gasteiger partial charge in [0.05, 0.1) is 28.7 Å². The third-order valence-corrected chi connectivity index (χ3v) is 3.82.